The third-order valence-electron chi connectivity index (χ3n) is 9.07. The minimum atomic E-state index is 0.00301. The summed E-state index contributed by atoms with van der Waals surface area (Å²) in [5.41, 5.74) is 11.2. The lowest BCUT2D eigenvalue weighted by molar-refractivity contribution is 0.712. The smallest absolute Gasteiger partial charge is 0.294 e. The van der Waals surface area contributed by atoms with Crippen LogP contribution in [-0.2, 0) is 13.6 Å². The second kappa shape index (κ2) is 12.7. The number of hydrogen-bond donors (Lipinski definition) is 0. The van der Waals surface area contributed by atoms with Crippen LogP contribution >= 0.6 is 0 Å². The normalized spacial score (nSPS) is 11.2. The molecular weight excluding hydrogens is 603 g/mol. The van der Waals surface area contributed by atoms with Crippen LogP contribution in [0.5, 0.6) is 0 Å². The Labute approximate surface area is 284 Å². The molecule has 49 heavy (non-hydrogen) atoms. The van der Waals surface area contributed by atoms with Crippen molar-refractivity contribution in [3.63, 3.8) is 0 Å². The lowest BCUT2D eigenvalue weighted by Gasteiger charge is -2.12. The zero-order chi connectivity index (χ0) is 33.3. The number of benzene rings is 6. The van der Waals surface area contributed by atoms with E-state index in [-0.39, 0.29) is 5.69 Å². The fraction of sp³-hybridized carbons (Fsp3) is 0.0698. The molecule has 0 unspecified atom stereocenters. The van der Waals surface area contributed by atoms with Crippen molar-refractivity contribution in [2.24, 2.45) is 7.05 Å². The predicted octanol–water partition coefficient (Wildman–Crippen LogP) is 9.55. The van der Waals surface area contributed by atoms with Crippen molar-refractivity contribution in [1.29, 1.82) is 0 Å². The van der Waals surface area contributed by atoms with E-state index in [1.54, 1.807) is 4.57 Å². The predicted molar refractivity (Wildman–Crippen MR) is 199 cm³/mol. The standard InChI is InChI=1S/C43H33N5O/c1-3-48-38-20-12-19-36(39(38)47(2)43(48)49)32-25-21-29(22-26-32)30-23-27-34(28-24-30)41-44-40(33-15-8-5-9-16-33)45-42(46-41)37-18-11-10-17-35(37)31-13-6-4-7-14-31/h4-28H,3H2,1-2H3. The first-order valence-corrected chi connectivity index (χ1v) is 16.4. The summed E-state index contributed by atoms with van der Waals surface area (Å²) >= 11 is 0. The molecule has 0 aliphatic heterocycles. The van der Waals surface area contributed by atoms with E-state index in [2.05, 4.69) is 78.9 Å². The van der Waals surface area contributed by atoms with Gasteiger partial charge in [-0.05, 0) is 40.8 Å². The van der Waals surface area contributed by atoms with Gasteiger partial charge in [0.1, 0.15) is 0 Å². The van der Waals surface area contributed by atoms with Crippen molar-refractivity contribution < 1.29 is 0 Å². The molecule has 0 spiro atoms. The number of nitrogens with zero attached hydrogens (tertiary/aromatic N) is 5. The van der Waals surface area contributed by atoms with Gasteiger partial charge < -0.3 is 0 Å². The lowest BCUT2D eigenvalue weighted by atomic mass is 9.98. The van der Waals surface area contributed by atoms with Crippen molar-refractivity contribution >= 4 is 11.0 Å². The van der Waals surface area contributed by atoms with Crippen LogP contribution in [-0.4, -0.2) is 24.1 Å². The quantitative estimate of drug-likeness (QED) is 0.175. The Morgan fingerprint density at radius 1 is 0.449 bits per heavy atom. The summed E-state index contributed by atoms with van der Waals surface area (Å²) in [5, 5.41) is 0. The average molecular weight is 636 g/mol. The van der Waals surface area contributed by atoms with Crippen LogP contribution in [0.2, 0.25) is 0 Å². The van der Waals surface area contributed by atoms with E-state index in [0.717, 1.165) is 61.1 Å². The van der Waals surface area contributed by atoms with Crippen molar-refractivity contribution in [2.75, 3.05) is 0 Å². The highest BCUT2D eigenvalue weighted by Crippen LogP contribution is 2.34. The fourth-order valence-electron chi connectivity index (χ4n) is 6.56. The van der Waals surface area contributed by atoms with Crippen LogP contribution in [0.15, 0.2) is 156 Å². The molecule has 8 rings (SSSR count). The molecule has 0 saturated carbocycles. The fourth-order valence-corrected chi connectivity index (χ4v) is 6.56. The molecule has 6 aromatic carbocycles. The molecule has 6 nitrogen and oxygen atoms in total. The zero-order valence-corrected chi connectivity index (χ0v) is 27.3. The van der Waals surface area contributed by atoms with Gasteiger partial charge >= 0.3 is 5.69 Å². The van der Waals surface area contributed by atoms with Gasteiger partial charge in [0.25, 0.3) is 0 Å². The van der Waals surface area contributed by atoms with Gasteiger partial charge in [0, 0.05) is 35.8 Å². The maximum absolute atomic E-state index is 12.8. The Balaban J connectivity index is 1.16. The third-order valence-corrected chi connectivity index (χ3v) is 9.07. The second-order valence-corrected chi connectivity index (χ2v) is 12.0. The molecule has 0 atom stereocenters. The van der Waals surface area contributed by atoms with Gasteiger partial charge in [-0.3, -0.25) is 9.13 Å². The highest BCUT2D eigenvalue weighted by atomic mass is 16.1. The van der Waals surface area contributed by atoms with E-state index in [1.165, 1.54) is 0 Å². The molecular formula is C43H33N5O. The largest absolute Gasteiger partial charge is 0.328 e. The monoisotopic (exact) mass is 635 g/mol. The number of para-hydroxylation sites is 1. The van der Waals surface area contributed by atoms with Gasteiger partial charge in [0.15, 0.2) is 17.5 Å². The summed E-state index contributed by atoms with van der Waals surface area (Å²) in [6.45, 7) is 2.63. The Hall–Kier alpha value is -6.40. The maximum atomic E-state index is 12.8. The van der Waals surface area contributed by atoms with Crippen molar-refractivity contribution in [2.45, 2.75) is 13.5 Å². The molecule has 0 amide bonds. The molecule has 236 valence electrons. The van der Waals surface area contributed by atoms with Gasteiger partial charge in [-0.15, -0.1) is 0 Å². The van der Waals surface area contributed by atoms with Crippen LogP contribution in [0, 0.1) is 0 Å². The number of aryl methyl sites for hydroxylation is 2. The van der Waals surface area contributed by atoms with Crippen LogP contribution in [0.3, 0.4) is 0 Å². The van der Waals surface area contributed by atoms with E-state index in [0.29, 0.717) is 24.0 Å². The van der Waals surface area contributed by atoms with E-state index in [9.17, 15) is 4.79 Å². The first-order valence-electron chi connectivity index (χ1n) is 16.4. The summed E-state index contributed by atoms with van der Waals surface area (Å²) in [6.07, 6.45) is 0. The van der Waals surface area contributed by atoms with E-state index >= 15 is 0 Å². The third kappa shape index (κ3) is 5.53. The minimum Gasteiger partial charge on any atom is -0.294 e. The first-order chi connectivity index (χ1) is 24.1. The zero-order valence-electron chi connectivity index (χ0n) is 27.3. The summed E-state index contributed by atoms with van der Waals surface area (Å²) in [4.78, 5) is 27.8. The van der Waals surface area contributed by atoms with Gasteiger partial charge in [0.05, 0.1) is 11.0 Å². The Morgan fingerprint density at radius 3 is 1.51 bits per heavy atom. The molecule has 8 aromatic rings. The van der Waals surface area contributed by atoms with Crippen molar-refractivity contribution in [3.8, 4) is 67.5 Å². The molecule has 0 bridgehead atoms. The number of hydrogen-bond acceptors (Lipinski definition) is 4. The lowest BCUT2D eigenvalue weighted by Crippen LogP contribution is -2.21. The van der Waals surface area contributed by atoms with Crippen LogP contribution in [0.1, 0.15) is 6.92 Å². The molecule has 6 heteroatoms. The summed E-state index contributed by atoms with van der Waals surface area (Å²) in [5.74, 6) is 1.88. The molecule has 0 aliphatic rings. The SMILES string of the molecule is CCn1c(=O)n(C)c2c(-c3ccc(-c4ccc(-c5nc(-c6ccccc6)nc(-c6ccccc6-c6ccccc6)n5)cc4)cc3)cccc21. The molecule has 0 radical (unpaired) electrons. The number of aromatic nitrogens is 5. The topological polar surface area (TPSA) is 65.6 Å². The molecule has 0 N–H and O–H groups in total. The van der Waals surface area contributed by atoms with Gasteiger partial charge in [-0.2, -0.15) is 0 Å². The van der Waals surface area contributed by atoms with Crippen molar-refractivity contribution in [1.82, 2.24) is 24.1 Å². The Bertz CT molecular complexity index is 2480. The molecule has 0 fully saturated rings. The minimum absolute atomic E-state index is 0.00301. The van der Waals surface area contributed by atoms with Crippen LogP contribution in [0.25, 0.3) is 78.6 Å². The van der Waals surface area contributed by atoms with E-state index < -0.39 is 0 Å². The molecule has 2 aromatic heterocycles. The maximum Gasteiger partial charge on any atom is 0.328 e. The molecule has 0 aliphatic carbocycles. The number of rotatable bonds is 7. The number of imidazole rings is 1. The Morgan fingerprint density at radius 2 is 0.898 bits per heavy atom. The summed E-state index contributed by atoms with van der Waals surface area (Å²) in [7, 11) is 1.84. The first kappa shape index (κ1) is 30.0. The number of fused-ring (bicyclic) bond motifs is 1. The molecule has 0 saturated heterocycles. The van der Waals surface area contributed by atoms with Crippen LogP contribution in [0.4, 0.5) is 0 Å². The highest BCUT2D eigenvalue weighted by Gasteiger charge is 2.17. The van der Waals surface area contributed by atoms with E-state index in [1.807, 2.05) is 91.3 Å². The van der Waals surface area contributed by atoms with Gasteiger partial charge in [-0.1, -0.05) is 146 Å². The van der Waals surface area contributed by atoms with Gasteiger partial charge in [0.2, 0.25) is 0 Å². The summed E-state index contributed by atoms with van der Waals surface area (Å²) < 4.78 is 3.56. The van der Waals surface area contributed by atoms with Crippen molar-refractivity contribution in [3.05, 3.63) is 162 Å². The van der Waals surface area contributed by atoms with Crippen LogP contribution < -0.4 is 5.69 Å². The summed E-state index contributed by atoms with van der Waals surface area (Å²) in [6, 6.07) is 51.6. The van der Waals surface area contributed by atoms with Gasteiger partial charge in [-0.25, -0.2) is 19.7 Å². The average Bonchev–Trinajstić information content (AvgIpc) is 3.43. The highest BCUT2D eigenvalue weighted by molar-refractivity contribution is 5.93. The molecule has 2 heterocycles. The van der Waals surface area contributed by atoms with E-state index in [4.69, 9.17) is 15.0 Å². The Kier molecular flexibility index (Phi) is 7.74. The second-order valence-electron chi connectivity index (χ2n) is 12.0.